The summed E-state index contributed by atoms with van der Waals surface area (Å²) in [5.41, 5.74) is 2.43. The molecule has 0 aromatic heterocycles. The summed E-state index contributed by atoms with van der Waals surface area (Å²) in [6.45, 7) is 20.0. The Bertz CT molecular complexity index is 940. The van der Waals surface area contributed by atoms with Crippen molar-refractivity contribution in [1.29, 1.82) is 0 Å². The molecule has 0 N–H and O–H groups in total. The summed E-state index contributed by atoms with van der Waals surface area (Å²) in [4.78, 5) is 18.0. The first-order chi connectivity index (χ1) is 13.9. The van der Waals surface area contributed by atoms with Gasteiger partial charge in [-0.25, -0.2) is 13.8 Å². The van der Waals surface area contributed by atoms with Crippen LogP contribution in [0.4, 0.5) is 10.5 Å². The molecule has 0 unspecified atom stereocenters. The monoisotopic (exact) mass is 429 g/mol. The zero-order chi connectivity index (χ0) is 22.3. The number of carbonyl (C=O) groups excluding carboxylic acids is 1. The molecule has 1 aliphatic carbocycles. The second-order valence-electron chi connectivity index (χ2n) is 10.1. The van der Waals surface area contributed by atoms with E-state index in [4.69, 9.17) is 15.7 Å². The Morgan fingerprint density at radius 2 is 1.83 bits per heavy atom. The molecule has 0 radical (unpaired) electrons. The Morgan fingerprint density at radius 3 is 2.37 bits per heavy atom. The summed E-state index contributed by atoms with van der Waals surface area (Å²) in [5.74, 6) is 0. The van der Waals surface area contributed by atoms with Gasteiger partial charge in [0, 0.05) is 24.1 Å². The van der Waals surface area contributed by atoms with Crippen molar-refractivity contribution >= 4 is 28.5 Å². The van der Waals surface area contributed by atoms with Gasteiger partial charge in [-0.3, -0.25) is 0 Å². The van der Waals surface area contributed by atoms with Gasteiger partial charge in [-0.1, -0.05) is 18.2 Å². The molecule has 3 rings (SSSR count). The van der Waals surface area contributed by atoms with Crippen LogP contribution >= 0.6 is 0 Å². The summed E-state index contributed by atoms with van der Waals surface area (Å²) < 4.78 is 22.7. The van der Waals surface area contributed by atoms with Crippen molar-refractivity contribution in [3.8, 4) is 0 Å². The standard InChI is InChI=1S/C23H31N3O3S/c1-21(2,3)29-20(27)26-13-11-23(12-14-26)15-16-9-8-10-17(24-7)18(16)19(23)25-30(28)22(4,5)6/h8-10H,11-15H2,1-6H3/t30-/m1/s1. The van der Waals surface area contributed by atoms with Crippen molar-refractivity contribution in [2.75, 3.05) is 13.1 Å². The van der Waals surface area contributed by atoms with Crippen LogP contribution in [0.3, 0.4) is 0 Å². The third kappa shape index (κ3) is 4.44. The normalized spacial score (nSPS) is 20.7. The van der Waals surface area contributed by atoms with E-state index in [-0.39, 0.29) is 11.5 Å². The highest BCUT2D eigenvalue weighted by atomic mass is 32.2. The Balaban J connectivity index is 1.95. The predicted molar refractivity (Wildman–Crippen MR) is 120 cm³/mol. The summed E-state index contributed by atoms with van der Waals surface area (Å²) in [7, 11) is -1.42. The molecule has 1 aromatic carbocycles. The zero-order valence-corrected chi connectivity index (χ0v) is 19.6. The minimum Gasteiger partial charge on any atom is -0.444 e. The van der Waals surface area contributed by atoms with E-state index in [9.17, 15) is 9.00 Å². The second-order valence-corrected chi connectivity index (χ2v) is 12.1. The van der Waals surface area contributed by atoms with Crippen LogP contribution in [0, 0.1) is 12.0 Å². The fourth-order valence-electron chi connectivity index (χ4n) is 4.03. The molecule has 1 heterocycles. The topological polar surface area (TPSA) is 63.3 Å². The highest BCUT2D eigenvalue weighted by Crippen LogP contribution is 2.48. The van der Waals surface area contributed by atoms with Crippen LogP contribution in [-0.4, -0.2) is 44.4 Å². The van der Waals surface area contributed by atoms with Crippen molar-refractivity contribution in [2.24, 2.45) is 9.81 Å². The molecule has 1 aliphatic heterocycles. The number of carbonyl (C=O) groups is 1. The van der Waals surface area contributed by atoms with Crippen LogP contribution in [-0.2, 0) is 22.1 Å². The van der Waals surface area contributed by atoms with Gasteiger partial charge in [-0.15, -0.1) is 0 Å². The van der Waals surface area contributed by atoms with E-state index in [1.165, 1.54) is 0 Å². The molecule has 1 aromatic rings. The number of ether oxygens (including phenoxy) is 1. The maximum absolute atomic E-state index is 12.9. The molecule has 1 atom stereocenters. The third-order valence-electron chi connectivity index (χ3n) is 5.59. The summed E-state index contributed by atoms with van der Waals surface area (Å²) in [6.07, 6.45) is 1.87. The lowest BCUT2D eigenvalue weighted by atomic mass is 9.74. The number of rotatable bonds is 1. The van der Waals surface area contributed by atoms with Gasteiger partial charge in [0.15, 0.2) is 5.69 Å². The van der Waals surface area contributed by atoms with Crippen LogP contribution < -0.4 is 0 Å². The lowest BCUT2D eigenvalue weighted by Crippen LogP contribution is -2.47. The van der Waals surface area contributed by atoms with Crippen molar-refractivity contribution in [3.63, 3.8) is 0 Å². The van der Waals surface area contributed by atoms with Gasteiger partial charge in [0.25, 0.3) is 0 Å². The fourth-order valence-corrected chi connectivity index (χ4v) is 4.76. The molecule has 6 nitrogen and oxygen atoms in total. The van der Waals surface area contributed by atoms with Crippen LogP contribution in [0.5, 0.6) is 0 Å². The van der Waals surface area contributed by atoms with Crippen molar-refractivity contribution in [2.45, 2.75) is 71.2 Å². The van der Waals surface area contributed by atoms with E-state index in [0.29, 0.717) is 31.6 Å². The number of hydrogen-bond acceptors (Lipinski definition) is 3. The average Bonchev–Trinajstić information content (AvgIpc) is 2.93. The van der Waals surface area contributed by atoms with E-state index in [1.54, 1.807) is 11.0 Å². The van der Waals surface area contributed by atoms with Crippen LogP contribution in [0.15, 0.2) is 22.6 Å². The second kappa shape index (κ2) is 7.81. The first-order valence-electron chi connectivity index (χ1n) is 10.4. The van der Waals surface area contributed by atoms with Crippen LogP contribution in [0.1, 0.15) is 65.5 Å². The SMILES string of the molecule is [C-]#[N+]c1cccc2c1C(=N[S@](=O)C(C)(C)C)C1(CCN(C(=O)OC(C)(C)C)CC1)C2. The van der Waals surface area contributed by atoms with Gasteiger partial charge in [0.2, 0.25) is 0 Å². The Labute approximate surface area is 182 Å². The summed E-state index contributed by atoms with van der Waals surface area (Å²) in [5, 5.41) is 0. The first kappa shape index (κ1) is 22.5. The Kier molecular flexibility index (Phi) is 5.85. The quantitative estimate of drug-likeness (QED) is 0.586. The van der Waals surface area contributed by atoms with Crippen LogP contribution in [0.25, 0.3) is 4.85 Å². The zero-order valence-electron chi connectivity index (χ0n) is 18.7. The number of piperidine rings is 1. The number of amides is 1. The molecular formula is C23H31N3O3S. The Hall–Kier alpha value is -2.20. The molecule has 30 heavy (non-hydrogen) atoms. The minimum atomic E-state index is -1.42. The maximum atomic E-state index is 12.9. The number of nitrogens with zero attached hydrogens (tertiary/aromatic N) is 3. The lowest BCUT2D eigenvalue weighted by molar-refractivity contribution is 0.0159. The molecule has 1 fully saturated rings. The molecular weight excluding hydrogens is 398 g/mol. The number of likely N-dealkylation sites (tertiary alicyclic amines) is 1. The minimum absolute atomic E-state index is 0.300. The molecule has 1 spiro atoms. The largest absolute Gasteiger partial charge is 0.444 e. The van der Waals surface area contributed by atoms with E-state index < -0.39 is 21.3 Å². The summed E-state index contributed by atoms with van der Waals surface area (Å²) in [6, 6.07) is 5.74. The van der Waals surface area contributed by atoms with Gasteiger partial charge in [0.05, 0.1) is 17.0 Å². The molecule has 1 saturated heterocycles. The van der Waals surface area contributed by atoms with E-state index >= 15 is 0 Å². The smallest absolute Gasteiger partial charge is 0.410 e. The summed E-state index contributed by atoms with van der Waals surface area (Å²) >= 11 is 0. The first-order valence-corrected chi connectivity index (χ1v) is 11.5. The lowest BCUT2D eigenvalue weighted by Gasteiger charge is -2.40. The van der Waals surface area contributed by atoms with Crippen molar-refractivity contribution in [3.05, 3.63) is 40.7 Å². The fraction of sp³-hybridized carbons (Fsp3) is 0.609. The predicted octanol–water partition coefficient (Wildman–Crippen LogP) is 5.06. The van der Waals surface area contributed by atoms with Gasteiger partial charge in [-0.2, -0.15) is 4.40 Å². The molecule has 2 aliphatic rings. The third-order valence-corrected chi connectivity index (χ3v) is 6.98. The average molecular weight is 430 g/mol. The maximum Gasteiger partial charge on any atom is 0.410 e. The van der Waals surface area contributed by atoms with E-state index in [2.05, 4.69) is 4.85 Å². The molecule has 162 valence electrons. The number of fused-ring (bicyclic) bond motifs is 1. The molecule has 0 bridgehead atoms. The number of hydrogen-bond donors (Lipinski definition) is 0. The Morgan fingerprint density at radius 1 is 1.20 bits per heavy atom. The molecule has 7 heteroatoms. The van der Waals surface area contributed by atoms with Crippen LogP contribution in [0.2, 0.25) is 0 Å². The van der Waals surface area contributed by atoms with E-state index in [0.717, 1.165) is 23.3 Å². The van der Waals surface area contributed by atoms with Gasteiger partial charge in [-0.05, 0) is 66.4 Å². The molecule has 1 amide bonds. The van der Waals surface area contributed by atoms with Crippen molar-refractivity contribution < 1.29 is 13.7 Å². The van der Waals surface area contributed by atoms with Gasteiger partial charge >= 0.3 is 6.09 Å². The van der Waals surface area contributed by atoms with Gasteiger partial charge < -0.3 is 9.64 Å². The molecule has 0 saturated carbocycles. The highest BCUT2D eigenvalue weighted by molar-refractivity contribution is 7.85. The van der Waals surface area contributed by atoms with Gasteiger partial charge in [0.1, 0.15) is 16.6 Å². The van der Waals surface area contributed by atoms with E-state index in [1.807, 2.05) is 53.7 Å². The highest BCUT2D eigenvalue weighted by Gasteiger charge is 2.47. The van der Waals surface area contributed by atoms with Crippen molar-refractivity contribution in [1.82, 2.24) is 4.90 Å². The number of benzene rings is 1.